The first-order valence-corrected chi connectivity index (χ1v) is 39.9. The van der Waals surface area contributed by atoms with Gasteiger partial charge in [-0.25, -0.2) is 0 Å². The van der Waals surface area contributed by atoms with Gasteiger partial charge >= 0.3 is 0 Å². The molecule has 0 bridgehead atoms. The molecule has 0 aromatic heterocycles. The molecule has 0 radical (unpaired) electrons. The van der Waals surface area contributed by atoms with E-state index >= 15 is 0 Å². The Labute approximate surface area is 620 Å². The van der Waals surface area contributed by atoms with Gasteiger partial charge < -0.3 is 89.9 Å². The summed E-state index contributed by atoms with van der Waals surface area (Å²) in [6.07, 6.45) is 62.8. The number of aliphatic hydroxyl groups excluding tert-OH is 11. The molecule has 17 unspecified atom stereocenters. The monoisotopic (exact) mass is 1450 g/mol. The summed E-state index contributed by atoms with van der Waals surface area (Å²) in [4.78, 5) is 13.5. The van der Waals surface area contributed by atoms with Crippen LogP contribution < -0.4 is 5.32 Å². The van der Waals surface area contributed by atoms with E-state index in [1.54, 1.807) is 6.08 Å². The van der Waals surface area contributed by atoms with Crippen molar-refractivity contribution in [2.45, 2.75) is 362 Å². The Balaban J connectivity index is 1.40. The highest BCUT2D eigenvalue weighted by atomic mass is 16.8. The van der Waals surface area contributed by atoms with Gasteiger partial charge in [-0.15, -0.1) is 0 Å². The first-order valence-electron chi connectivity index (χ1n) is 39.9. The average Bonchev–Trinajstić information content (AvgIpc) is 0.781. The Hall–Kier alpha value is -4.07. The summed E-state index contributed by atoms with van der Waals surface area (Å²) >= 11 is 0. The van der Waals surface area contributed by atoms with Gasteiger partial charge in [0.05, 0.1) is 38.6 Å². The second kappa shape index (κ2) is 62.9. The lowest BCUT2D eigenvalue weighted by Gasteiger charge is -2.48. The van der Waals surface area contributed by atoms with Gasteiger partial charge in [0, 0.05) is 6.42 Å². The third-order valence-electron chi connectivity index (χ3n) is 19.0. The summed E-state index contributed by atoms with van der Waals surface area (Å²) < 4.78 is 34.4. The smallest absolute Gasteiger partial charge is 0.220 e. The summed E-state index contributed by atoms with van der Waals surface area (Å²) in [6.45, 7) is 1.61. The molecule has 19 nitrogen and oxygen atoms in total. The summed E-state index contributed by atoms with van der Waals surface area (Å²) in [7, 11) is 0. The quantitative estimate of drug-likeness (QED) is 0.0199. The molecule has 1 amide bonds. The zero-order chi connectivity index (χ0) is 74.6. The number of rotatable bonds is 61. The van der Waals surface area contributed by atoms with Crippen molar-refractivity contribution in [2.24, 2.45) is 0 Å². The molecule has 0 saturated carbocycles. The Kier molecular flexibility index (Phi) is 56.9. The molecule has 0 aliphatic carbocycles. The fraction of sp³-hybridized carbons (Fsp3) is 0.726. The molecule has 3 aliphatic rings. The maximum Gasteiger partial charge on any atom is 0.220 e. The van der Waals surface area contributed by atoms with E-state index in [-0.39, 0.29) is 18.9 Å². The van der Waals surface area contributed by atoms with Crippen molar-refractivity contribution in [3.8, 4) is 0 Å². The largest absolute Gasteiger partial charge is 0.394 e. The van der Waals surface area contributed by atoms with Crippen molar-refractivity contribution in [1.82, 2.24) is 5.32 Å². The van der Waals surface area contributed by atoms with E-state index in [9.17, 15) is 61.0 Å². The Morgan fingerprint density at radius 1 is 0.359 bits per heavy atom. The highest BCUT2D eigenvalue weighted by Crippen LogP contribution is 2.33. The van der Waals surface area contributed by atoms with Crippen molar-refractivity contribution in [3.63, 3.8) is 0 Å². The Bertz CT molecular complexity index is 2380. The predicted molar refractivity (Wildman–Crippen MR) is 410 cm³/mol. The van der Waals surface area contributed by atoms with E-state index in [0.29, 0.717) is 6.42 Å². The molecule has 3 heterocycles. The third-order valence-corrected chi connectivity index (χ3v) is 19.0. The van der Waals surface area contributed by atoms with Crippen LogP contribution in [0.2, 0.25) is 0 Å². The summed E-state index contributed by atoms with van der Waals surface area (Å²) in [6, 6.07) is -0.999. The standard InChI is InChI=1S/C84H141NO18/c1-3-5-7-9-11-13-15-17-19-21-23-25-27-28-29-30-31-32-33-34-35-36-37-38-40-42-44-46-48-50-52-54-56-58-60-62-72(90)85-67(68(89)61-59-57-55-53-51-49-47-45-43-41-39-26-24-22-20-18-16-14-12-10-8-6-4-2)66-98-82-78(96)75(93)80(70(64-87)100-82)103-84-79(97)76(94)81(71(65-88)101-84)102-83-77(95)74(92)73(91)69(63-86)99-83/h5,7,11,13,17,19,23,25,28-29,31-32,34-35,37-38,42,44,48,50,59,61,67-71,73-84,86-89,91-97H,3-4,6,8-10,12,14-16,18,20-22,24,26-27,30,33,36,39-41,43,45-47,49,51-58,60,62-66H2,1-2H3,(H,85,90)/b7-5-,13-11-,19-17-,25-23-,29-28-,32-31-,35-34-,38-37-,44-42-,50-48-,61-59+. The second-order valence-electron chi connectivity index (χ2n) is 27.8. The molecule has 3 saturated heterocycles. The molecule has 0 aromatic carbocycles. The lowest BCUT2D eigenvalue weighted by atomic mass is 9.96. The maximum atomic E-state index is 13.5. The minimum atomic E-state index is -1.99. The zero-order valence-electron chi connectivity index (χ0n) is 63.0. The molecule has 17 atom stereocenters. The van der Waals surface area contributed by atoms with Crippen LogP contribution in [0.5, 0.6) is 0 Å². The van der Waals surface area contributed by atoms with Crippen LogP contribution in [0.4, 0.5) is 0 Å². The van der Waals surface area contributed by atoms with E-state index in [1.165, 1.54) is 116 Å². The van der Waals surface area contributed by atoms with Crippen LogP contribution in [0, 0.1) is 0 Å². The van der Waals surface area contributed by atoms with Crippen LogP contribution in [0.25, 0.3) is 0 Å². The first kappa shape index (κ1) is 93.1. The molecule has 0 aromatic rings. The fourth-order valence-electron chi connectivity index (χ4n) is 12.6. The normalized spacial score (nSPS) is 26.8. The van der Waals surface area contributed by atoms with E-state index in [0.717, 1.165) is 116 Å². The van der Waals surface area contributed by atoms with Crippen LogP contribution in [0.15, 0.2) is 134 Å². The number of carbonyl (C=O) groups is 1. The van der Waals surface area contributed by atoms with Crippen molar-refractivity contribution >= 4 is 5.91 Å². The molecule has 12 N–H and O–H groups in total. The summed E-state index contributed by atoms with van der Waals surface area (Å²) in [5.41, 5.74) is 0. The fourth-order valence-corrected chi connectivity index (χ4v) is 12.6. The maximum absolute atomic E-state index is 13.5. The molecule has 3 aliphatic heterocycles. The third kappa shape index (κ3) is 42.9. The van der Waals surface area contributed by atoms with Crippen LogP contribution in [-0.2, 0) is 33.2 Å². The van der Waals surface area contributed by atoms with Crippen LogP contribution >= 0.6 is 0 Å². The molecule has 590 valence electrons. The highest BCUT2D eigenvalue weighted by Gasteiger charge is 2.54. The van der Waals surface area contributed by atoms with Crippen molar-refractivity contribution in [1.29, 1.82) is 0 Å². The van der Waals surface area contributed by atoms with Crippen molar-refractivity contribution < 1.29 is 89.4 Å². The lowest BCUT2D eigenvalue weighted by Crippen LogP contribution is -2.66. The van der Waals surface area contributed by atoms with Gasteiger partial charge in [0.2, 0.25) is 5.91 Å². The molecular formula is C84H141NO18. The average molecular weight is 1450 g/mol. The van der Waals surface area contributed by atoms with E-state index in [1.807, 2.05) is 6.08 Å². The van der Waals surface area contributed by atoms with E-state index in [4.69, 9.17) is 28.4 Å². The molecule has 0 spiro atoms. The predicted octanol–water partition coefficient (Wildman–Crippen LogP) is 13.3. The Morgan fingerprint density at radius 3 is 1.05 bits per heavy atom. The number of allylic oxidation sites excluding steroid dienone is 21. The van der Waals surface area contributed by atoms with Gasteiger partial charge in [-0.2, -0.15) is 0 Å². The van der Waals surface area contributed by atoms with Gasteiger partial charge in [-0.3, -0.25) is 4.79 Å². The van der Waals surface area contributed by atoms with E-state index in [2.05, 4.69) is 141 Å². The van der Waals surface area contributed by atoms with Gasteiger partial charge in [-0.1, -0.05) is 289 Å². The molecule has 103 heavy (non-hydrogen) atoms. The van der Waals surface area contributed by atoms with Crippen LogP contribution in [0.3, 0.4) is 0 Å². The van der Waals surface area contributed by atoms with Crippen molar-refractivity contribution in [3.05, 3.63) is 134 Å². The van der Waals surface area contributed by atoms with Crippen LogP contribution in [0.1, 0.15) is 258 Å². The number of hydrogen-bond donors (Lipinski definition) is 12. The summed E-state index contributed by atoms with van der Waals surface area (Å²) in [5, 5.41) is 121. The zero-order valence-corrected chi connectivity index (χ0v) is 63.0. The number of unbranched alkanes of at least 4 members (excludes halogenated alkanes) is 25. The Morgan fingerprint density at radius 2 is 0.670 bits per heavy atom. The van der Waals surface area contributed by atoms with Gasteiger partial charge in [0.25, 0.3) is 0 Å². The van der Waals surface area contributed by atoms with Crippen LogP contribution in [-0.4, -0.2) is 193 Å². The number of nitrogens with one attached hydrogen (secondary N) is 1. The molecule has 3 fully saturated rings. The van der Waals surface area contributed by atoms with Crippen molar-refractivity contribution in [2.75, 3.05) is 26.4 Å². The minimum Gasteiger partial charge on any atom is -0.394 e. The molecule has 19 heteroatoms. The number of ether oxygens (including phenoxy) is 6. The minimum absolute atomic E-state index is 0.205. The van der Waals surface area contributed by atoms with Gasteiger partial charge in [0.1, 0.15) is 73.2 Å². The lowest BCUT2D eigenvalue weighted by molar-refractivity contribution is -0.379. The summed E-state index contributed by atoms with van der Waals surface area (Å²) in [5.74, 6) is -0.303. The van der Waals surface area contributed by atoms with Gasteiger partial charge in [-0.05, 0) is 96.3 Å². The first-order chi connectivity index (χ1) is 50.3. The molecular weight excluding hydrogens is 1310 g/mol. The number of carbonyl (C=O) groups excluding carboxylic acids is 1. The van der Waals surface area contributed by atoms with E-state index < -0.39 is 124 Å². The molecule has 3 rings (SSSR count). The van der Waals surface area contributed by atoms with Gasteiger partial charge in [0.15, 0.2) is 18.9 Å². The number of amides is 1. The number of hydrogen-bond acceptors (Lipinski definition) is 18. The number of aliphatic hydroxyl groups is 11. The second-order valence-corrected chi connectivity index (χ2v) is 27.8. The topological polar surface area (TPSA) is 307 Å². The SMILES string of the molecule is CC/C=C\C/C=C\C/C=C\C/C=C\C/C=C\C/C=C\C/C=C\C/C=C\C/C=C\C/C=C\CCCCCCC(=O)NC(COC1OC(CO)C(OC2OC(CO)C(OC3OC(CO)C(O)C(O)C3O)C(O)C2O)C(O)C1O)C(O)/C=C/CCCCCCCCCCCCCCCCCCCCCCC. The highest BCUT2D eigenvalue weighted by molar-refractivity contribution is 5.76.